The summed E-state index contributed by atoms with van der Waals surface area (Å²) in [5, 5.41) is 11.5. The number of ether oxygens (including phenoxy) is 1. The lowest BCUT2D eigenvalue weighted by molar-refractivity contribution is -0.137. The Kier molecular flexibility index (Phi) is 4.96. The molecule has 2 amide bonds. The SMILES string of the molecule is C=CCN(CC(=O)O)C(=O)NC1CCOC1C. The highest BCUT2D eigenvalue weighted by atomic mass is 16.5. The lowest BCUT2D eigenvalue weighted by Crippen LogP contribution is -2.48. The molecule has 17 heavy (non-hydrogen) atoms. The number of carbonyl (C=O) groups excluding carboxylic acids is 1. The molecule has 1 fully saturated rings. The summed E-state index contributed by atoms with van der Waals surface area (Å²) in [5.41, 5.74) is 0. The summed E-state index contributed by atoms with van der Waals surface area (Å²) in [6, 6.07) is -0.446. The van der Waals surface area contributed by atoms with E-state index in [1.807, 2.05) is 6.92 Å². The van der Waals surface area contributed by atoms with Crippen LogP contribution in [0.5, 0.6) is 0 Å². The molecule has 0 aromatic rings. The first-order chi connectivity index (χ1) is 8.04. The fraction of sp³-hybridized carbons (Fsp3) is 0.636. The van der Waals surface area contributed by atoms with E-state index in [2.05, 4.69) is 11.9 Å². The second kappa shape index (κ2) is 6.24. The molecular formula is C11H18N2O4. The van der Waals surface area contributed by atoms with Crippen LogP contribution in [-0.4, -0.2) is 53.8 Å². The Labute approximate surface area is 100 Å². The van der Waals surface area contributed by atoms with Crippen LogP contribution in [0.2, 0.25) is 0 Å². The molecule has 0 aromatic carbocycles. The molecule has 2 atom stereocenters. The van der Waals surface area contributed by atoms with Gasteiger partial charge in [0.25, 0.3) is 0 Å². The van der Waals surface area contributed by atoms with Crippen molar-refractivity contribution < 1.29 is 19.4 Å². The van der Waals surface area contributed by atoms with Crippen molar-refractivity contribution in [3.63, 3.8) is 0 Å². The summed E-state index contributed by atoms with van der Waals surface area (Å²) >= 11 is 0. The molecule has 0 aliphatic carbocycles. The smallest absolute Gasteiger partial charge is 0.323 e. The van der Waals surface area contributed by atoms with Crippen molar-refractivity contribution in [2.45, 2.75) is 25.5 Å². The van der Waals surface area contributed by atoms with Crippen LogP contribution in [0.1, 0.15) is 13.3 Å². The molecule has 1 saturated heterocycles. The Hall–Kier alpha value is -1.56. The minimum Gasteiger partial charge on any atom is -0.480 e. The summed E-state index contributed by atoms with van der Waals surface area (Å²) in [5.74, 6) is -1.04. The predicted octanol–water partition coefficient (Wildman–Crippen LogP) is 0.446. The zero-order valence-electron chi connectivity index (χ0n) is 9.89. The summed E-state index contributed by atoms with van der Waals surface area (Å²) in [7, 11) is 0. The Balaban J connectivity index is 2.51. The van der Waals surface area contributed by atoms with E-state index in [-0.39, 0.29) is 25.2 Å². The normalized spacial score (nSPS) is 23.1. The third-order valence-corrected chi connectivity index (χ3v) is 2.65. The molecule has 1 rings (SSSR count). The Morgan fingerprint density at radius 3 is 2.82 bits per heavy atom. The van der Waals surface area contributed by atoms with E-state index in [9.17, 15) is 9.59 Å². The highest BCUT2D eigenvalue weighted by Crippen LogP contribution is 2.12. The lowest BCUT2D eigenvalue weighted by Gasteiger charge is -2.23. The van der Waals surface area contributed by atoms with Crippen LogP contribution in [0.15, 0.2) is 12.7 Å². The number of urea groups is 1. The quantitative estimate of drug-likeness (QED) is 0.686. The summed E-state index contributed by atoms with van der Waals surface area (Å²) in [6.45, 7) is 5.87. The zero-order valence-corrected chi connectivity index (χ0v) is 9.89. The van der Waals surface area contributed by atoms with E-state index in [0.717, 1.165) is 6.42 Å². The number of hydrogen-bond donors (Lipinski definition) is 2. The Morgan fingerprint density at radius 1 is 1.65 bits per heavy atom. The summed E-state index contributed by atoms with van der Waals surface area (Å²) in [4.78, 5) is 23.6. The average Bonchev–Trinajstić information content (AvgIpc) is 2.63. The first-order valence-electron chi connectivity index (χ1n) is 5.54. The third kappa shape index (κ3) is 4.07. The molecule has 1 heterocycles. The molecule has 96 valence electrons. The van der Waals surface area contributed by atoms with Gasteiger partial charge in [-0.1, -0.05) is 6.08 Å². The highest BCUT2D eigenvalue weighted by Gasteiger charge is 2.27. The first-order valence-corrected chi connectivity index (χ1v) is 5.54. The molecule has 0 saturated carbocycles. The van der Waals surface area contributed by atoms with Crippen LogP contribution in [0.25, 0.3) is 0 Å². The molecule has 2 unspecified atom stereocenters. The lowest BCUT2D eigenvalue weighted by atomic mass is 10.2. The number of nitrogens with zero attached hydrogens (tertiary/aromatic N) is 1. The fourth-order valence-electron chi connectivity index (χ4n) is 1.71. The van der Waals surface area contributed by atoms with Crippen LogP contribution in [0.4, 0.5) is 4.79 Å². The maximum absolute atomic E-state index is 11.8. The van der Waals surface area contributed by atoms with Gasteiger partial charge in [0, 0.05) is 13.2 Å². The number of carboxylic acids is 1. The maximum Gasteiger partial charge on any atom is 0.323 e. The van der Waals surface area contributed by atoms with Gasteiger partial charge in [0.05, 0.1) is 12.1 Å². The summed E-state index contributed by atoms with van der Waals surface area (Å²) < 4.78 is 5.32. The minimum absolute atomic E-state index is 0.0330. The predicted molar refractivity (Wildman–Crippen MR) is 61.8 cm³/mol. The van der Waals surface area contributed by atoms with Gasteiger partial charge in [0.15, 0.2) is 0 Å². The van der Waals surface area contributed by atoms with Gasteiger partial charge >= 0.3 is 12.0 Å². The van der Waals surface area contributed by atoms with E-state index in [1.54, 1.807) is 0 Å². The summed E-state index contributed by atoms with van der Waals surface area (Å²) in [6.07, 6.45) is 2.22. The number of nitrogens with one attached hydrogen (secondary N) is 1. The maximum atomic E-state index is 11.8. The molecule has 0 radical (unpaired) electrons. The largest absolute Gasteiger partial charge is 0.480 e. The number of carboxylic acid groups (broad SMARTS) is 1. The second-order valence-corrected chi connectivity index (χ2v) is 3.98. The van der Waals surface area contributed by atoms with Gasteiger partial charge in [0.1, 0.15) is 6.54 Å². The van der Waals surface area contributed by atoms with Crippen molar-refractivity contribution in [3.05, 3.63) is 12.7 Å². The number of hydrogen-bond acceptors (Lipinski definition) is 3. The van der Waals surface area contributed by atoms with Crippen LogP contribution >= 0.6 is 0 Å². The number of aliphatic carboxylic acids is 1. The van der Waals surface area contributed by atoms with Crippen molar-refractivity contribution >= 4 is 12.0 Å². The van der Waals surface area contributed by atoms with Gasteiger partial charge in [-0.2, -0.15) is 0 Å². The molecular weight excluding hydrogens is 224 g/mol. The topological polar surface area (TPSA) is 78.9 Å². The van der Waals surface area contributed by atoms with E-state index in [0.29, 0.717) is 6.61 Å². The van der Waals surface area contributed by atoms with Crippen molar-refractivity contribution in [1.82, 2.24) is 10.2 Å². The Bertz CT molecular complexity index is 306. The third-order valence-electron chi connectivity index (χ3n) is 2.65. The van der Waals surface area contributed by atoms with Crippen molar-refractivity contribution in [3.8, 4) is 0 Å². The number of amides is 2. The van der Waals surface area contributed by atoms with E-state index in [1.165, 1.54) is 11.0 Å². The Morgan fingerprint density at radius 2 is 2.35 bits per heavy atom. The average molecular weight is 242 g/mol. The van der Waals surface area contributed by atoms with E-state index >= 15 is 0 Å². The van der Waals surface area contributed by atoms with Gasteiger partial charge < -0.3 is 20.1 Å². The second-order valence-electron chi connectivity index (χ2n) is 3.98. The van der Waals surface area contributed by atoms with E-state index in [4.69, 9.17) is 9.84 Å². The van der Waals surface area contributed by atoms with Gasteiger partial charge in [0.2, 0.25) is 0 Å². The zero-order chi connectivity index (χ0) is 12.8. The fourth-order valence-corrected chi connectivity index (χ4v) is 1.71. The van der Waals surface area contributed by atoms with Crippen LogP contribution < -0.4 is 5.32 Å². The van der Waals surface area contributed by atoms with Gasteiger partial charge in [-0.3, -0.25) is 4.79 Å². The number of rotatable bonds is 5. The molecule has 6 nitrogen and oxygen atoms in total. The molecule has 1 aliphatic heterocycles. The molecule has 0 spiro atoms. The molecule has 0 aromatic heterocycles. The van der Waals surface area contributed by atoms with Gasteiger partial charge in [-0.25, -0.2) is 4.79 Å². The van der Waals surface area contributed by atoms with Gasteiger partial charge in [-0.05, 0) is 13.3 Å². The minimum atomic E-state index is -1.04. The number of carbonyl (C=O) groups is 2. The standard InChI is InChI=1S/C11H18N2O4/c1-3-5-13(7-10(14)15)11(16)12-9-4-6-17-8(9)2/h3,8-9H,1,4-7H2,2H3,(H,12,16)(H,14,15). The monoisotopic (exact) mass is 242 g/mol. The van der Waals surface area contributed by atoms with Crippen LogP contribution in [-0.2, 0) is 9.53 Å². The first kappa shape index (κ1) is 13.5. The highest BCUT2D eigenvalue weighted by molar-refractivity contribution is 5.80. The van der Waals surface area contributed by atoms with Crippen molar-refractivity contribution in [1.29, 1.82) is 0 Å². The molecule has 2 N–H and O–H groups in total. The van der Waals surface area contributed by atoms with Crippen LogP contribution in [0, 0.1) is 0 Å². The van der Waals surface area contributed by atoms with E-state index < -0.39 is 12.0 Å². The van der Waals surface area contributed by atoms with Crippen LogP contribution in [0.3, 0.4) is 0 Å². The molecule has 1 aliphatic rings. The molecule has 6 heteroatoms. The molecule has 0 bridgehead atoms. The van der Waals surface area contributed by atoms with Crippen molar-refractivity contribution in [2.24, 2.45) is 0 Å². The van der Waals surface area contributed by atoms with Crippen molar-refractivity contribution in [2.75, 3.05) is 19.7 Å². The van der Waals surface area contributed by atoms with Gasteiger partial charge in [-0.15, -0.1) is 6.58 Å².